The normalized spacial score (nSPS) is 16.7. The van der Waals surface area contributed by atoms with Crippen LogP contribution in [-0.4, -0.2) is 47.9 Å². The minimum absolute atomic E-state index is 0.00352. The summed E-state index contributed by atoms with van der Waals surface area (Å²) in [5, 5.41) is 2.51. The highest BCUT2D eigenvalue weighted by Gasteiger charge is 2.21. The van der Waals surface area contributed by atoms with Crippen LogP contribution in [0.3, 0.4) is 0 Å². The Labute approximate surface area is 87.7 Å². The van der Waals surface area contributed by atoms with Gasteiger partial charge in [-0.25, -0.2) is 0 Å². The van der Waals surface area contributed by atoms with Crippen LogP contribution < -0.4 is 5.32 Å². The number of piperazine rings is 1. The lowest BCUT2D eigenvalue weighted by molar-refractivity contribution is -0.140. The molecular formula is C9H14N2O2S. The molecule has 1 rings (SSSR count). The molecule has 4 nitrogen and oxygen atoms in total. The van der Waals surface area contributed by atoms with E-state index < -0.39 is 0 Å². The van der Waals surface area contributed by atoms with Gasteiger partial charge in [0.25, 0.3) is 0 Å². The molecule has 0 radical (unpaired) electrons. The van der Waals surface area contributed by atoms with E-state index in [2.05, 4.69) is 11.9 Å². The molecule has 0 aromatic rings. The summed E-state index contributed by atoms with van der Waals surface area (Å²) in [5.74, 6) is 1.67. The second-order valence-corrected chi connectivity index (χ2v) is 4.11. The largest absolute Gasteiger partial charge is 0.345 e. The van der Waals surface area contributed by atoms with Crippen molar-refractivity contribution in [1.82, 2.24) is 10.2 Å². The highest BCUT2D eigenvalue weighted by atomic mass is 32.2. The lowest BCUT2D eigenvalue weighted by atomic mass is 10.3. The summed E-state index contributed by atoms with van der Waals surface area (Å²) < 4.78 is 0. The predicted molar refractivity (Wildman–Crippen MR) is 57.1 cm³/mol. The van der Waals surface area contributed by atoms with Gasteiger partial charge in [0, 0.05) is 18.1 Å². The summed E-state index contributed by atoms with van der Waals surface area (Å²) in [5.41, 5.74) is 0. The molecule has 0 bridgehead atoms. The molecule has 1 heterocycles. The van der Waals surface area contributed by atoms with Crippen molar-refractivity contribution in [1.29, 1.82) is 0 Å². The third kappa shape index (κ3) is 3.41. The van der Waals surface area contributed by atoms with Gasteiger partial charge in [0.15, 0.2) is 0 Å². The van der Waals surface area contributed by atoms with Crippen molar-refractivity contribution in [3.05, 3.63) is 12.7 Å². The van der Waals surface area contributed by atoms with Crippen LogP contribution in [0, 0.1) is 0 Å². The van der Waals surface area contributed by atoms with Crippen LogP contribution in [0.1, 0.15) is 0 Å². The maximum atomic E-state index is 11.3. The summed E-state index contributed by atoms with van der Waals surface area (Å²) in [4.78, 5) is 23.9. The van der Waals surface area contributed by atoms with Gasteiger partial charge in [-0.3, -0.25) is 9.59 Å². The molecule has 0 aromatic carbocycles. The SMILES string of the molecule is C=CCSCCN1CC(=O)NCC1=O. The number of carbonyl (C=O) groups excluding carboxylic acids is 2. The van der Waals surface area contributed by atoms with Gasteiger partial charge >= 0.3 is 0 Å². The van der Waals surface area contributed by atoms with Gasteiger partial charge in [-0.1, -0.05) is 6.08 Å². The van der Waals surface area contributed by atoms with E-state index in [0.717, 1.165) is 11.5 Å². The third-order valence-electron chi connectivity index (χ3n) is 1.87. The van der Waals surface area contributed by atoms with E-state index in [1.54, 1.807) is 16.7 Å². The van der Waals surface area contributed by atoms with Gasteiger partial charge < -0.3 is 10.2 Å². The van der Waals surface area contributed by atoms with Gasteiger partial charge in [0.1, 0.15) is 0 Å². The monoisotopic (exact) mass is 214 g/mol. The highest BCUT2D eigenvalue weighted by Crippen LogP contribution is 2.02. The van der Waals surface area contributed by atoms with Gasteiger partial charge in [-0.2, -0.15) is 11.8 Å². The first-order valence-electron chi connectivity index (χ1n) is 4.47. The summed E-state index contributed by atoms with van der Waals surface area (Å²) in [6, 6.07) is 0. The summed E-state index contributed by atoms with van der Waals surface area (Å²) >= 11 is 1.71. The predicted octanol–water partition coefficient (Wildman–Crippen LogP) is -0.136. The molecule has 5 heteroatoms. The van der Waals surface area contributed by atoms with E-state index in [-0.39, 0.29) is 24.9 Å². The Morgan fingerprint density at radius 2 is 2.36 bits per heavy atom. The molecule has 0 unspecified atom stereocenters. The van der Waals surface area contributed by atoms with E-state index >= 15 is 0 Å². The number of carbonyl (C=O) groups is 2. The number of nitrogens with zero attached hydrogens (tertiary/aromatic N) is 1. The van der Waals surface area contributed by atoms with E-state index in [1.807, 2.05) is 6.08 Å². The molecule has 1 fully saturated rings. The lowest BCUT2D eigenvalue weighted by Gasteiger charge is -2.26. The highest BCUT2D eigenvalue weighted by molar-refractivity contribution is 7.99. The fourth-order valence-corrected chi connectivity index (χ4v) is 1.83. The zero-order chi connectivity index (χ0) is 10.4. The van der Waals surface area contributed by atoms with Crippen molar-refractivity contribution in [3.8, 4) is 0 Å². The maximum absolute atomic E-state index is 11.3. The Morgan fingerprint density at radius 3 is 3.07 bits per heavy atom. The van der Waals surface area contributed by atoms with Gasteiger partial charge in [-0.15, -0.1) is 6.58 Å². The number of hydrogen-bond donors (Lipinski definition) is 1. The Hall–Kier alpha value is -0.970. The van der Waals surface area contributed by atoms with Crippen molar-refractivity contribution in [2.24, 2.45) is 0 Å². The zero-order valence-electron chi connectivity index (χ0n) is 7.99. The maximum Gasteiger partial charge on any atom is 0.242 e. The number of hydrogen-bond acceptors (Lipinski definition) is 3. The van der Waals surface area contributed by atoms with Crippen molar-refractivity contribution in [3.63, 3.8) is 0 Å². The van der Waals surface area contributed by atoms with Gasteiger partial charge in [0.05, 0.1) is 13.1 Å². The summed E-state index contributed by atoms with van der Waals surface area (Å²) in [6.45, 7) is 4.60. The Morgan fingerprint density at radius 1 is 1.57 bits per heavy atom. The Balaban J connectivity index is 2.24. The fraction of sp³-hybridized carbons (Fsp3) is 0.556. The molecule has 1 aliphatic heterocycles. The smallest absolute Gasteiger partial charge is 0.242 e. The van der Waals surface area contributed by atoms with Crippen molar-refractivity contribution < 1.29 is 9.59 Å². The molecule has 78 valence electrons. The minimum Gasteiger partial charge on any atom is -0.345 e. The molecule has 0 saturated carbocycles. The molecule has 2 amide bonds. The van der Waals surface area contributed by atoms with Crippen LogP contribution in [0.25, 0.3) is 0 Å². The Bertz CT molecular complexity index is 243. The molecular weight excluding hydrogens is 200 g/mol. The van der Waals surface area contributed by atoms with E-state index in [4.69, 9.17) is 0 Å². The first-order chi connectivity index (χ1) is 6.74. The second kappa shape index (κ2) is 5.70. The van der Waals surface area contributed by atoms with E-state index in [1.165, 1.54) is 0 Å². The first kappa shape index (κ1) is 11.1. The molecule has 1 N–H and O–H groups in total. The third-order valence-corrected chi connectivity index (χ3v) is 2.81. The molecule has 0 aliphatic carbocycles. The van der Waals surface area contributed by atoms with Crippen LogP contribution in [0.4, 0.5) is 0 Å². The van der Waals surface area contributed by atoms with Crippen LogP contribution in [-0.2, 0) is 9.59 Å². The molecule has 1 saturated heterocycles. The quantitative estimate of drug-likeness (QED) is 0.512. The van der Waals surface area contributed by atoms with Crippen molar-refractivity contribution >= 4 is 23.6 Å². The molecule has 1 aliphatic rings. The lowest BCUT2D eigenvalue weighted by Crippen LogP contribution is -2.52. The van der Waals surface area contributed by atoms with Crippen LogP contribution in [0.5, 0.6) is 0 Å². The standard InChI is InChI=1S/C9H14N2O2S/c1-2-4-14-5-3-11-7-8(12)10-6-9(11)13/h2H,1,3-7H2,(H,10,12). The molecule has 0 spiro atoms. The fourth-order valence-electron chi connectivity index (χ4n) is 1.15. The number of thioether (sulfide) groups is 1. The molecule has 0 atom stereocenters. The minimum atomic E-state index is -0.0710. The van der Waals surface area contributed by atoms with E-state index in [0.29, 0.717) is 6.54 Å². The zero-order valence-corrected chi connectivity index (χ0v) is 8.81. The second-order valence-electron chi connectivity index (χ2n) is 2.96. The number of rotatable bonds is 5. The first-order valence-corrected chi connectivity index (χ1v) is 5.62. The number of amides is 2. The van der Waals surface area contributed by atoms with Crippen molar-refractivity contribution in [2.75, 3.05) is 31.1 Å². The average molecular weight is 214 g/mol. The van der Waals surface area contributed by atoms with Gasteiger partial charge in [0.2, 0.25) is 11.8 Å². The topological polar surface area (TPSA) is 49.4 Å². The number of nitrogens with one attached hydrogen (secondary N) is 1. The summed E-state index contributed by atoms with van der Waals surface area (Å²) in [6.07, 6.45) is 1.83. The van der Waals surface area contributed by atoms with Crippen LogP contribution >= 0.6 is 11.8 Å². The van der Waals surface area contributed by atoms with Crippen LogP contribution in [0.2, 0.25) is 0 Å². The average Bonchev–Trinajstić information content (AvgIpc) is 2.18. The molecule has 0 aromatic heterocycles. The van der Waals surface area contributed by atoms with Crippen LogP contribution in [0.15, 0.2) is 12.7 Å². The van der Waals surface area contributed by atoms with Crippen molar-refractivity contribution in [2.45, 2.75) is 0 Å². The molecule has 14 heavy (non-hydrogen) atoms. The Kier molecular flexibility index (Phi) is 4.52. The van der Waals surface area contributed by atoms with E-state index in [9.17, 15) is 9.59 Å². The van der Waals surface area contributed by atoms with Gasteiger partial charge in [-0.05, 0) is 0 Å². The summed E-state index contributed by atoms with van der Waals surface area (Å²) in [7, 11) is 0.